The summed E-state index contributed by atoms with van der Waals surface area (Å²) in [5.41, 5.74) is 2.04. The number of hydrogen-bond donors (Lipinski definition) is 0. The second-order valence-corrected chi connectivity index (χ2v) is 6.45. The predicted octanol–water partition coefficient (Wildman–Crippen LogP) is 6.10. The number of nitrogens with zero attached hydrogens (tertiary/aromatic N) is 1. The summed E-state index contributed by atoms with van der Waals surface area (Å²) in [6, 6.07) is 21.4. The lowest BCUT2D eigenvalue weighted by atomic mass is 10.2. The van der Waals surface area contributed by atoms with Crippen molar-refractivity contribution in [2.45, 2.75) is 13.3 Å². The number of hydrogen-bond acceptors (Lipinski definition) is 4. The molecule has 5 heteroatoms. The Hall–Kier alpha value is -3.11. The lowest BCUT2D eigenvalue weighted by molar-refractivity contribution is 0.0734. The Morgan fingerprint density at radius 3 is 2.32 bits per heavy atom. The number of para-hydroxylation sites is 1. The Morgan fingerprint density at radius 2 is 1.64 bits per heavy atom. The SMILES string of the molecule is CCCOc1ccc(C(=O)Oc2ccc(C=Nc3ccccc3Cl)cc2)cc1. The molecule has 0 spiro atoms. The molecule has 0 N–H and O–H groups in total. The van der Waals surface area contributed by atoms with Crippen LogP contribution in [0.15, 0.2) is 77.8 Å². The first kappa shape index (κ1) is 19.6. The van der Waals surface area contributed by atoms with E-state index in [-0.39, 0.29) is 0 Å². The molecular weight excluding hydrogens is 374 g/mol. The molecule has 0 heterocycles. The molecule has 0 unspecified atom stereocenters. The monoisotopic (exact) mass is 393 g/mol. The number of carbonyl (C=O) groups excluding carboxylic acids is 1. The first-order valence-corrected chi connectivity index (χ1v) is 9.37. The molecule has 0 radical (unpaired) electrons. The highest BCUT2D eigenvalue weighted by atomic mass is 35.5. The maximum atomic E-state index is 12.3. The third-order valence-electron chi connectivity index (χ3n) is 3.86. The summed E-state index contributed by atoms with van der Waals surface area (Å²) in [6.45, 7) is 2.69. The van der Waals surface area contributed by atoms with Crippen LogP contribution in [0.1, 0.15) is 29.3 Å². The van der Waals surface area contributed by atoms with Crippen LogP contribution in [0.25, 0.3) is 0 Å². The second kappa shape index (κ2) is 9.72. The Balaban J connectivity index is 1.60. The van der Waals surface area contributed by atoms with Crippen molar-refractivity contribution in [1.29, 1.82) is 0 Å². The van der Waals surface area contributed by atoms with E-state index in [4.69, 9.17) is 21.1 Å². The van der Waals surface area contributed by atoms with Gasteiger partial charge in [0, 0.05) is 6.21 Å². The van der Waals surface area contributed by atoms with Crippen molar-refractivity contribution >= 4 is 29.5 Å². The zero-order valence-corrected chi connectivity index (χ0v) is 16.2. The van der Waals surface area contributed by atoms with Gasteiger partial charge < -0.3 is 9.47 Å². The van der Waals surface area contributed by atoms with Gasteiger partial charge in [-0.2, -0.15) is 0 Å². The average Bonchev–Trinajstić information content (AvgIpc) is 2.73. The molecule has 0 saturated heterocycles. The fraction of sp³-hybridized carbons (Fsp3) is 0.130. The maximum absolute atomic E-state index is 12.3. The molecule has 0 amide bonds. The zero-order valence-electron chi connectivity index (χ0n) is 15.5. The van der Waals surface area contributed by atoms with Crippen molar-refractivity contribution in [2.75, 3.05) is 6.61 Å². The fourth-order valence-corrected chi connectivity index (χ4v) is 2.58. The first-order valence-electron chi connectivity index (χ1n) is 8.99. The van der Waals surface area contributed by atoms with E-state index in [0.29, 0.717) is 28.6 Å². The molecule has 0 aliphatic heterocycles. The first-order chi connectivity index (χ1) is 13.7. The molecular formula is C23H20ClNO3. The molecule has 3 aromatic carbocycles. The van der Waals surface area contributed by atoms with E-state index >= 15 is 0 Å². The molecule has 0 aliphatic rings. The summed E-state index contributed by atoms with van der Waals surface area (Å²) < 4.78 is 10.9. The number of carbonyl (C=O) groups is 1. The van der Waals surface area contributed by atoms with Crippen molar-refractivity contribution in [3.05, 3.63) is 88.9 Å². The molecule has 142 valence electrons. The minimum Gasteiger partial charge on any atom is -0.494 e. The Labute approximate surface area is 169 Å². The van der Waals surface area contributed by atoms with Crippen molar-refractivity contribution in [1.82, 2.24) is 0 Å². The van der Waals surface area contributed by atoms with Gasteiger partial charge in [-0.25, -0.2) is 4.79 Å². The summed E-state index contributed by atoms with van der Waals surface area (Å²) in [4.78, 5) is 16.6. The number of aliphatic imine (C=N–C) groups is 1. The Morgan fingerprint density at radius 1 is 0.964 bits per heavy atom. The van der Waals surface area contributed by atoms with Crippen molar-refractivity contribution < 1.29 is 14.3 Å². The fourth-order valence-electron chi connectivity index (χ4n) is 2.40. The van der Waals surface area contributed by atoms with Crippen LogP contribution in [0.2, 0.25) is 5.02 Å². The van der Waals surface area contributed by atoms with Gasteiger partial charge in [-0.1, -0.05) is 30.7 Å². The van der Waals surface area contributed by atoms with E-state index in [1.165, 1.54) is 0 Å². The van der Waals surface area contributed by atoms with Crippen LogP contribution in [-0.2, 0) is 0 Å². The van der Waals surface area contributed by atoms with Crippen molar-refractivity contribution in [3.63, 3.8) is 0 Å². The molecule has 0 fully saturated rings. The molecule has 3 aromatic rings. The van der Waals surface area contributed by atoms with Crippen LogP contribution < -0.4 is 9.47 Å². The number of ether oxygens (including phenoxy) is 2. The molecule has 28 heavy (non-hydrogen) atoms. The summed E-state index contributed by atoms with van der Waals surface area (Å²) in [6.07, 6.45) is 2.64. The minimum atomic E-state index is -0.417. The minimum absolute atomic E-state index is 0.417. The Kier molecular flexibility index (Phi) is 6.82. The highest BCUT2D eigenvalue weighted by Gasteiger charge is 2.08. The molecule has 3 rings (SSSR count). The van der Waals surface area contributed by atoms with E-state index in [0.717, 1.165) is 17.7 Å². The number of esters is 1. The topological polar surface area (TPSA) is 47.9 Å². The van der Waals surface area contributed by atoms with E-state index in [1.807, 2.05) is 37.3 Å². The van der Waals surface area contributed by atoms with E-state index in [9.17, 15) is 4.79 Å². The highest BCUT2D eigenvalue weighted by molar-refractivity contribution is 6.33. The van der Waals surface area contributed by atoms with Crippen LogP contribution in [0, 0.1) is 0 Å². The smallest absolute Gasteiger partial charge is 0.343 e. The predicted molar refractivity (Wildman–Crippen MR) is 112 cm³/mol. The lowest BCUT2D eigenvalue weighted by Gasteiger charge is -2.07. The van der Waals surface area contributed by atoms with Gasteiger partial charge in [0.05, 0.1) is 22.9 Å². The maximum Gasteiger partial charge on any atom is 0.343 e. The normalized spacial score (nSPS) is 10.8. The summed E-state index contributed by atoms with van der Waals surface area (Å²) in [7, 11) is 0. The van der Waals surface area contributed by atoms with Crippen LogP contribution in [0.3, 0.4) is 0 Å². The van der Waals surface area contributed by atoms with Gasteiger partial charge in [0.1, 0.15) is 11.5 Å². The van der Waals surface area contributed by atoms with E-state index < -0.39 is 5.97 Å². The standard InChI is InChI=1S/C23H20ClNO3/c1-2-15-27-19-13-9-18(10-14-19)23(26)28-20-11-7-17(8-12-20)16-25-22-6-4-3-5-21(22)24/h3-14,16H,2,15H2,1H3. The summed E-state index contributed by atoms with van der Waals surface area (Å²) >= 11 is 6.09. The van der Waals surface area contributed by atoms with Gasteiger partial charge >= 0.3 is 5.97 Å². The second-order valence-electron chi connectivity index (χ2n) is 6.04. The number of rotatable bonds is 7. The molecule has 0 aliphatic carbocycles. The number of halogens is 1. The lowest BCUT2D eigenvalue weighted by Crippen LogP contribution is -2.08. The zero-order chi connectivity index (χ0) is 19.8. The van der Waals surface area contributed by atoms with E-state index in [1.54, 1.807) is 48.7 Å². The Bertz CT molecular complexity index is 950. The summed E-state index contributed by atoms with van der Waals surface area (Å²) in [5, 5.41) is 0.593. The van der Waals surface area contributed by atoms with Gasteiger partial charge in [-0.15, -0.1) is 0 Å². The van der Waals surface area contributed by atoms with Crippen LogP contribution in [0.5, 0.6) is 11.5 Å². The van der Waals surface area contributed by atoms with Crippen LogP contribution in [-0.4, -0.2) is 18.8 Å². The largest absolute Gasteiger partial charge is 0.494 e. The third-order valence-corrected chi connectivity index (χ3v) is 4.18. The van der Waals surface area contributed by atoms with Gasteiger partial charge in [0.15, 0.2) is 0 Å². The highest BCUT2D eigenvalue weighted by Crippen LogP contribution is 2.23. The van der Waals surface area contributed by atoms with Gasteiger partial charge in [0.25, 0.3) is 0 Å². The van der Waals surface area contributed by atoms with Crippen LogP contribution in [0.4, 0.5) is 5.69 Å². The third kappa shape index (κ3) is 5.44. The molecule has 4 nitrogen and oxygen atoms in total. The quantitative estimate of drug-likeness (QED) is 0.277. The number of benzene rings is 3. The summed E-state index contributed by atoms with van der Waals surface area (Å²) in [5.74, 6) is 0.784. The molecule has 0 aromatic heterocycles. The van der Waals surface area contributed by atoms with Crippen molar-refractivity contribution in [3.8, 4) is 11.5 Å². The molecule has 0 saturated carbocycles. The van der Waals surface area contributed by atoms with Crippen LogP contribution >= 0.6 is 11.6 Å². The van der Waals surface area contributed by atoms with Crippen molar-refractivity contribution in [2.24, 2.45) is 4.99 Å². The molecule has 0 atom stereocenters. The van der Waals surface area contributed by atoms with Gasteiger partial charge in [0.2, 0.25) is 0 Å². The van der Waals surface area contributed by atoms with Gasteiger partial charge in [-0.05, 0) is 72.6 Å². The van der Waals surface area contributed by atoms with E-state index in [2.05, 4.69) is 4.99 Å². The van der Waals surface area contributed by atoms with Gasteiger partial charge in [-0.3, -0.25) is 4.99 Å². The molecule has 0 bridgehead atoms. The average molecular weight is 394 g/mol.